The molecule has 24 heavy (non-hydrogen) atoms. The van der Waals surface area contributed by atoms with Gasteiger partial charge in [0.1, 0.15) is 5.69 Å². The first-order chi connectivity index (χ1) is 11.6. The third-order valence-electron chi connectivity index (χ3n) is 4.43. The summed E-state index contributed by atoms with van der Waals surface area (Å²) in [7, 11) is 0. The van der Waals surface area contributed by atoms with E-state index in [4.69, 9.17) is 0 Å². The molecule has 1 fully saturated rings. The minimum Gasteiger partial charge on any atom is -0.337 e. The second-order valence-electron chi connectivity index (χ2n) is 6.04. The normalized spacial score (nSPS) is 14.7. The lowest BCUT2D eigenvalue weighted by molar-refractivity contribution is 0.0783. The average molecular weight is 468 g/mol. The highest BCUT2D eigenvalue weighted by Crippen LogP contribution is 2.33. The van der Waals surface area contributed by atoms with Gasteiger partial charge in [-0.25, -0.2) is 0 Å². The maximum absolute atomic E-state index is 13.0. The number of amides is 1. The number of likely N-dealkylation sites (tertiary alicyclic amines) is 1. The molecule has 1 aromatic carbocycles. The Morgan fingerprint density at radius 3 is 2.50 bits per heavy atom. The summed E-state index contributed by atoms with van der Waals surface area (Å²) in [5, 5.41) is 0. The van der Waals surface area contributed by atoms with E-state index in [1.54, 1.807) is 11.3 Å². The summed E-state index contributed by atoms with van der Waals surface area (Å²) in [4.78, 5) is 14.9. The highest BCUT2D eigenvalue weighted by Gasteiger charge is 2.24. The van der Waals surface area contributed by atoms with Gasteiger partial charge in [-0.15, -0.1) is 11.3 Å². The van der Waals surface area contributed by atoms with Gasteiger partial charge in [0.15, 0.2) is 0 Å². The maximum Gasteiger partial charge on any atom is 0.270 e. The molecule has 1 aliphatic rings. The molecule has 1 amide bonds. The number of aromatic nitrogens is 1. The number of nitrogens with zero attached hydrogens (tertiary/aromatic N) is 2. The molecule has 0 radical (unpaired) electrons. The number of carbonyl (C=O) groups is 1. The monoisotopic (exact) mass is 466 g/mol. The number of thiophene rings is 1. The molecule has 0 N–H and O–H groups in total. The van der Waals surface area contributed by atoms with E-state index >= 15 is 0 Å². The number of benzene rings is 1. The molecule has 0 spiro atoms. The summed E-state index contributed by atoms with van der Waals surface area (Å²) in [6, 6.07) is 12.4. The van der Waals surface area contributed by atoms with Gasteiger partial charge in [0.05, 0.1) is 14.0 Å². The molecular formula is C18H16Br2N2OS. The van der Waals surface area contributed by atoms with Gasteiger partial charge in [0, 0.05) is 24.1 Å². The predicted octanol–water partition coefficient (Wildman–Crippen LogP) is 5.51. The van der Waals surface area contributed by atoms with Crippen molar-refractivity contribution in [1.29, 1.82) is 0 Å². The van der Waals surface area contributed by atoms with Crippen LogP contribution in [0.15, 0.2) is 44.7 Å². The average Bonchev–Trinajstić information content (AvgIpc) is 3.26. The van der Waals surface area contributed by atoms with E-state index in [1.807, 2.05) is 23.1 Å². The van der Waals surface area contributed by atoms with E-state index in [0.29, 0.717) is 6.54 Å². The van der Waals surface area contributed by atoms with Crippen LogP contribution in [0.3, 0.4) is 0 Å². The van der Waals surface area contributed by atoms with Crippen LogP contribution in [0, 0.1) is 0 Å². The van der Waals surface area contributed by atoms with Crippen molar-refractivity contribution in [3.63, 3.8) is 0 Å². The van der Waals surface area contributed by atoms with Gasteiger partial charge < -0.3 is 9.47 Å². The smallest absolute Gasteiger partial charge is 0.270 e. The third kappa shape index (κ3) is 3.07. The van der Waals surface area contributed by atoms with Gasteiger partial charge in [-0.3, -0.25) is 4.79 Å². The number of hydrogen-bond acceptors (Lipinski definition) is 2. The summed E-state index contributed by atoms with van der Waals surface area (Å²) in [6.45, 7) is 2.45. The molecule has 0 aliphatic carbocycles. The van der Waals surface area contributed by atoms with Crippen molar-refractivity contribution >= 4 is 59.3 Å². The molecule has 124 valence electrons. The van der Waals surface area contributed by atoms with Crippen LogP contribution in [0.4, 0.5) is 0 Å². The summed E-state index contributed by atoms with van der Waals surface area (Å²) in [5.41, 5.74) is 3.11. The Morgan fingerprint density at radius 2 is 1.79 bits per heavy atom. The van der Waals surface area contributed by atoms with Crippen LogP contribution in [-0.4, -0.2) is 28.5 Å². The van der Waals surface area contributed by atoms with Crippen LogP contribution >= 0.6 is 43.2 Å². The zero-order chi connectivity index (χ0) is 16.7. The second kappa shape index (κ2) is 6.65. The highest BCUT2D eigenvalue weighted by molar-refractivity contribution is 9.11. The van der Waals surface area contributed by atoms with Crippen molar-refractivity contribution in [2.75, 3.05) is 13.1 Å². The van der Waals surface area contributed by atoms with Crippen LogP contribution in [0.2, 0.25) is 0 Å². The van der Waals surface area contributed by atoms with E-state index in [0.717, 1.165) is 50.1 Å². The van der Waals surface area contributed by atoms with E-state index in [-0.39, 0.29) is 5.91 Å². The minimum atomic E-state index is 0.157. The first-order valence-electron chi connectivity index (χ1n) is 7.94. The third-order valence-corrected chi connectivity index (χ3v) is 6.53. The fraction of sp³-hybridized carbons (Fsp3) is 0.278. The molecule has 6 heteroatoms. The number of halogens is 2. The highest BCUT2D eigenvalue weighted by atomic mass is 79.9. The van der Waals surface area contributed by atoms with Crippen LogP contribution < -0.4 is 0 Å². The molecule has 1 saturated heterocycles. The molecule has 1 aliphatic heterocycles. The zero-order valence-corrected chi connectivity index (χ0v) is 17.0. The Morgan fingerprint density at radius 1 is 1.08 bits per heavy atom. The van der Waals surface area contributed by atoms with Gasteiger partial charge in [-0.1, -0.05) is 28.1 Å². The Balaban J connectivity index is 1.76. The minimum absolute atomic E-state index is 0.157. The van der Waals surface area contributed by atoms with Crippen LogP contribution in [0.1, 0.15) is 28.9 Å². The molecule has 0 bridgehead atoms. The van der Waals surface area contributed by atoms with Gasteiger partial charge in [0.2, 0.25) is 0 Å². The van der Waals surface area contributed by atoms with Gasteiger partial charge in [-0.05, 0) is 58.6 Å². The fourth-order valence-electron chi connectivity index (χ4n) is 3.21. The van der Waals surface area contributed by atoms with Crippen molar-refractivity contribution in [2.45, 2.75) is 19.4 Å². The Labute approximate surface area is 161 Å². The standard InChI is InChI=1S/C18H16Br2N2OS/c19-13-5-3-12(4-6-13)11-22-14-10-17(20)24-16(14)9-15(22)18(23)21-7-1-2-8-21/h3-6,9-10H,1-2,7-8,11H2. The number of carbonyl (C=O) groups excluding carboxylic acids is 1. The van der Waals surface area contributed by atoms with Crippen LogP contribution in [0.5, 0.6) is 0 Å². The molecule has 3 nitrogen and oxygen atoms in total. The summed E-state index contributed by atoms with van der Waals surface area (Å²) in [5.74, 6) is 0.157. The molecule has 2 aromatic heterocycles. The first kappa shape index (κ1) is 16.4. The predicted molar refractivity (Wildman–Crippen MR) is 106 cm³/mol. The molecule has 0 atom stereocenters. The molecule has 3 heterocycles. The molecule has 0 saturated carbocycles. The van der Waals surface area contributed by atoms with Gasteiger partial charge in [-0.2, -0.15) is 0 Å². The van der Waals surface area contributed by atoms with Crippen molar-refractivity contribution in [1.82, 2.24) is 9.47 Å². The quantitative estimate of drug-likeness (QED) is 0.498. The lowest BCUT2D eigenvalue weighted by atomic mass is 10.2. The van der Waals surface area contributed by atoms with E-state index in [2.05, 4.69) is 54.6 Å². The van der Waals surface area contributed by atoms with Crippen molar-refractivity contribution in [2.24, 2.45) is 0 Å². The number of rotatable bonds is 3. The lowest BCUT2D eigenvalue weighted by Crippen LogP contribution is -2.29. The molecular weight excluding hydrogens is 452 g/mol. The largest absolute Gasteiger partial charge is 0.337 e. The van der Waals surface area contributed by atoms with Crippen molar-refractivity contribution in [3.8, 4) is 0 Å². The second-order valence-corrected chi connectivity index (χ2v) is 9.42. The van der Waals surface area contributed by atoms with E-state index < -0.39 is 0 Å². The van der Waals surface area contributed by atoms with Gasteiger partial charge in [0.25, 0.3) is 5.91 Å². The van der Waals surface area contributed by atoms with Gasteiger partial charge >= 0.3 is 0 Å². The zero-order valence-electron chi connectivity index (χ0n) is 13.0. The molecule has 4 rings (SSSR count). The van der Waals surface area contributed by atoms with E-state index in [9.17, 15) is 4.79 Å². The van der Waals surface area contributed by atoms with Crippen LogP contribution in [0.25, 0.3) is 10.2 Å². The number of hydrogen-bond donors (Lipinski definition) is 0. The summed E-state index contributed by atoms with van der Waals surface area (Å²) in [6.07, 6.45) is 2.22. The lowest BCUT2D eigenvalue weighted by Gasteiger charge is -2.17. The Hall–Kier alpha value is -1.11. The Kier molecular flexibility index (Phi) is 4.54. The van der Waals surface area contributed by atoms with Crippen molar-refractivity contribution < 1.29 is 4.79 Å². The SMILES string of the molecule is O=C(c1cc2sc(Br)cc2n1Cc1ccc(Br)cc1)N1CCCC1. The van der Waals surface area contributed by atoms with E-state index in [1.165, 1.54) is 5.56 Å². The number of fused-ring (bicyclic) bond motifs is 1. The first-order valence-corrected chi connectivity index (χ1v) is 10.3. The molecule has 0 unspecified atom stereocenters. The topological polar surface area (TPSA) is 25.2 Å². The fourth-order valence-corrected chi connectivity index (χ4v) is 5.04. The van der Waals surface area contributed by atoms with Crippen molar-refractivity contribution in [3.05, 3.63) is 55.9 Å². The van der Waals surface area contributed by atoms with Crippen LogP contribution in [-0.2, 0) is 6.54 Å². The summed E-state index contributed by atoms with van der Waals surface area (Å²) >= 11 is 8.72. The maximum atomic E-state index is 13.0. The summed E-state index contributed by atoms with van der Waals surface area (Å²) < 4.78 is 5.47. The Bertz CT molecular complexity index is 892. The molecule has 3 aromatic rings.